The third-order valence-electron chi connectivity index (χ3n) is 2.30. The summed E-state index contributed by atoms with van der Waals surface area (Å²) in [6, 6.07) is 3.22. The number of rotatable bonds is 6. The number of hydrogen-bond acceptors (Lipinski definition) is 3. The number of hydrogen-bond donors (Lipinski definition) is 1. The highest BCUT2D eigenvalue weighted by Gasteiger charge is 2.15. The second kappa shape index (κ2) is 7.87. The molecule has 1 aromatic rings. The van der Waals surface area contributed by atoms with Crippen molar-refractivity contribution in [2.24, 2.45) is 0 Å². The fourth-order valence-corrected chi connectivity index (χ4v) is 2.49. The molecule has 0 aliphatic rings. The summed E-state index contributed by atoms with van der Waals surface area (Å²) < 4.78 is 0. The Morgan fingerprint density at radius 2 is 2.22 bits per heavy atom. The van der Waals surface area contributed by atoms with E-state index in [0.29, 0.717) is 5.02 Å². The largest absolute Gasteiger partial charge is 0.348 e. The van der Waals surface area contributed by atoms with E-state index in [1.165, 1.54) is 0 Å². The van der Waals surface area contributed by atoms with Gasteiger partial charge >= 0.3 is 0 Å². The van der Waals surface area contributed by atoms with Gasteiger partial charge in [0, 0.05) is 6.04 Å². The van der Waals surface area contributed by atoms with Crippen molar-refractivity contribution in [2.45, 2.75) is 26.3 Å². The van der Waals surface area contributed by atoms with Crippen LogP contribution in [-0.2, 0) is 0 Å². The summed E-state index contributed by atoms with van der Waals surface area (Å²) in [5.41, 5.74) is 0.180. The number of aromatic nitrogens is 1. The fraction of sp³-hybridized carbons (Fsp3) is 0.500. The predicted molar refractivity (Wildman–Crippen MR) is 78.8 cm³/mol. The van der Waals surface area contributed by atoms with E-state index >= 15 is 0 Å². The molecule has 0 spiro atoms. The van der Waals surface area contributed by atoms with Crippen molar-refractivity contribution in [1.82, 2.24) is 10.3 Å². The lowest BCUT2D eigenvalue weighted by atomic mass is 10.2. The minimum absolute atomic E-state index is 0.0911. The molecule has 0 aliphatic heterocycles. The Bertz CT molecular complexity index is 415. The van der Waals surface area contributed by atoms with E-state index in [-0.39, 0.29) is 22.8 Å². The molecule has 0 aromatic carbocycles. The SMILES string of the molecule is CCSCCC(C)NC(=O)c1nc(Cl)ccc1Cl. The van der Waals surface area contributed by atoms with Crippen molar-refractivity contribution in [2.75, 3.05) is 11.5 Å². The van der Waals surface area contributed by atoms with Gasteiger partial charge in [0.15, 0.2) is 0 Å². The predicted octanol–water partition coefficient (Wildman–Crippen LogP) is 3.65. The normalized spacial score (nSPS) is 12.2. The van der Waals surface area contributed by atoms with Gasteiger partial charge in [0.25, 0.3) is 5.91 Å². The molecule has 1 N–H and O–H groups in total. The first-order valence-corrected chi connectivity index (χ1v) is 7.66. The van der Waals surface area contributed by atoms with Crippen LogP contribution in [0, 0.1) is 0 Å². The standard InChI is InChI=1S/C12H16Cl2N2OS/c1-3-18-7-6-8(2)15-12(17)11-9(13)4-5-10(14)16-11/h4-5,8H,3,6-7H2,1-2H3,(H,15,17). The van der Waals surface area contributed by atoms with Gasteiger partial charge in [-0.15, -0.1) is 0 Å². The number of amides is 1. The van der Waals surface area contributed by atoms with Gasteiger partial charge in [0.05, 0.1) is 5.02 Å². The number of thioether (sulfide) groups is 1. The number of pyridine rings is 1. The van der Waals surface area contributed by atoms with Gasteiger partial charge in [0.1, 0.15) is 10.8 Å². The van der Waals surface area contributed by atoms with Gasteiger partial charge in [-0.25, -0.2) is 4.98 Å². The topological polar surface area (TPSA) is 42.0 Å². The minimum atomic E-state index is -0.281. The second-order valence-corrected chi connectivity index (χ2v) is 6.01. The van der Waals surface area contributed by atoms with Crippen LogP contribution < -0.4 is 5.32 Å². The summed E-state index contributed by atoms with van der Waals surface area (Å²) in [6.45, 7) is 4.08. The Hall–Kier alpha value is -0.450. The van der Waals surface area contributed by atoms with Crippen LogP contribution in [0.3, 0.4) is 0 Å². The van der Waals surface area contributed by atoms with Crippen LogP contribution in [-0.4, -0.2) is 28.4 Å². The third-order valence-corrected chi connectivity index (χ3v) is 3.75. The molecule has 1 unspecified atom stereocenters. The molecule has 1 aromatic heterocycles. The molecule has 0 saturated heterocycles. The van der Waals surface area contributed by atoms with Crippen molar-refractivity contribution < 1.29 is 4.79 Å². The van der Waals surface area contributed by atoms with Gasteiger partial charge < -0.3 is 5.32 Å². The maximum atomic E-state index is 11.9. The zero-order valence-electron chi connectivity index (χ0n) is 10.4. The molecule has 0 radical (unpaired) electrons. The molecule has 0 saturated carbocycles. The van der Waals surface area contributed by atoms with E-state index in [1.807, 2.05) is 18.7 Å². The van der Waals surface area contributed by atoms with Crippen LogP contribution in [0.25, 0.3) is 0 Å². The molecule has 3 nitrogen and oxygen atoms in total. The molecule has 100 valence electrons. The first kappa shape index (κ1) is 15.6. The van der Waals surface area contributed by atoms with Crippen molar-refractivity contribution in [3.63, 3.8) is 0 Å². The van der Waals surface area contributed by atoms with E-state index in [4.69, 9.17) is 23.2 Å². The maximum absolute atomic E-state index is 11.9. The lowest BCUT2D eigenvalue weighted by Gasteiger charge is -2.13. The van der Waals surface area contributed by atoms with Gasteiger partial charge in [-0.05, 0) is 37.0 Å². The summed E-state index contributed by atoms with van der Waals surface area (Å²) in [6.07, 6.45) is 0.919. The Labute approximate surface area is 122 Å². The Kier molecular flexibility index (Phi) is 6.82. The van der Waals surface area contributed by atoms with E-state index < -0.39 is 0 Å². The molecular weight excluding hydrogens is 291 g/mol. The molecule has 6 heteroatoms. The Balaban J connectivity index is 2.56. The molecule has 1 amide bonds. The number of nitrogens with zero attached hydrogens (tertiary/aromatic N) is 1. The number of carbonyl (C=O) groups excluding carboxylic acids is 1. The monoisotopic (exact) mass is 306 g/mol. The van der Waals surface area contributed by atoms with E-state index in [9.17, 15) is 4.79 Å². The summed E-state index contributed by atoms with van der Waals surface area (Å²) >= 11 is 13.5. The fourth-order valence-electron chi connectivity index (χ4n) is 1.35. The van der Waals surface area contributed by atoms with Crippen LogP contribution in [0.15, 0.2) is 12.1 Å². The lowest BCUT2D eigenvalue weighted by Crippen LogP contribution is -2.33. The average molecular weight is 307 g/mol. The first-order chi connectivity index (χ1) is 8.54. The highest BCUT2D eigenvalue weighted by Crippen LogP contribution is 2.17. The minimum Gasteiger partial charge on any atom is -0.348 e. The summed E-state index contributed by atoms with van der Waals surface area (Å²) in [7, 11) is 0. The van der Waals surface area contributed by atoms with E-state index in [2.05, 4.69) is 17.2 Å². The van der Waals surface area contributed by atoms with Crippen LogP contribution in [0.5, 0.6) is 0 Å². The molecule has 1 rings (SSSR count). The highest BCUT2D eigenvalue weighted by molar-refractivity contribution is 7.99. The summed E-state index contributed by atoms with van der Waals surface area (Å²) in [5, 5.41) is 3.44. The molecule has 1 atom stereocenters. The van der Waals surface area contributed by atoms with Crippen LogP contribution in [0.1, 0.15) is 30.8 Å². The summed E-state index contributed by atoms with van der Waals surface area (Å²) in [4.78, 5) is 15.9. The van der Waals surface area contributed by atoms with Crippen molar-refractivity contribution >= 4 is 40.9 Å². The number of halogens is 2. The zero-order chi connectivity index (χ0) is 13.5. The van der Waals surface area contributed by atoms with Gasteiger partial charge in [0.2, 0.25) is 0 Å². The van der Waals surface area contributed by atoms with Crippen LogP contribution >= 0.6 is 35.0 Å². The molecular formula is C12H16Cl2N2OS. The van der Waals surface area contributed by atoms with E-state index in [1.54, 1.807) is 12.1 Å². The number of carbonyl (C=O) groups is 1. The number of nitrogens with one attached hydrogen (secondary N) is 1. The van der Waals surface area contributed by atoms with Gasteiger partial charge in [-0.1, -0.05) is 30.1 Å². The smallest absolute Gasteiger partial charge is 0.271 e. The maximum Gasteiger partial charge on any atom is 0.271 e. The quantitative estimate of drug-likeness (QED) is 0.644. The molecule has 0 fully saturated rings. The average Bonchev–Trinajstić information content (AvgIpc) is 2.32. The van der Waals surface area contributed by atoms with Crippen LogP contribution in [0.4, 0.5) is 0 Å². The Morgan fingerprint density at radius 1 is 1.50 bits per heavy atom. The molecule has 18 heavy (non-hydrogen) atoms. The molecule has 1 heterocycles. The van der Waals surface area contributed by atoms with Gasteiger partial charge in [-0.2, -0.15) is 11.8 Å². The van der Waals surface area contributed by atoms with Gasteiger partial charge in [-0.3, -0.25) is 4.79 Å². The third kappa shape index (κ3) is 5.04. The lowest BCUT2D eigenvalue weighted by molar-refractivity contribution is 0.0934. The van der Waals surface area contributed by atoms with Crippen LogP contribution in [0.2, 0.25) is 10.2 Å². The molecule has 0 aliphatic carbocycles. The Morgan fingerprint density at radius 3 is 2.89 bits per heavy atom. The van der Waals surface area contributed by atoms with Crippen molar-refractivity contribution in [3.05, 3.63) is 28.0 Å². The van der Waals surface area contributed by atoms with Crippen molar-refractivity contribution in [3.8, 4) is 0 Å². The first-order valence-electron chi connectivity index (χ1n) is 5.75. The molecule has 0 bridgehead atoms. The zero-order valence-corrected chi connectivity index (χ0v) is 12.7. The van der Waals surface area contributed by atoms with Crippen molar-refractivity contribution in [1.29, 1.82) is 0 Å². The summed E-state index contributed by atoms with van der Waals surface area (Å²) in [5.74, 6) is 1.83. The van der Waals surface area contributed by atoms with E-state index in [0.717, 1.165) is 17.9 Å². The highest BCUT2D eigenvalue weighted by atomic mass is 35.5. The second-order valence-electron chi connectivity index (χ2n) is 3.82.